The molecule has 7 heteroatoms. The largest absolute Gasteiger partial charge is 0.496 e. The molecule has 1 aromatic carbocycles. The van der Waals surface area contributed by atoms with Crippen LogP contribution in [0.3, 0.4) is 0 Å². The second-order valence-corrected chi connectivity index (χ2v) is 6.62. The third-order valence-corrected chi connectivity index (χ3v) is 5.11. The van der Waals surface area contributed by atoms with E-state index >= 15 is 0 Å². The van der Waals surface area contributed by atoms with Gasteiger partial charge < -0.3 is 25.2 Å². The molecule has 130 valence electrons. The molecule has 2 unspecified atom stereocenters. The van der Waals surface area contributed by atoms with E-state index in [1.807, 2.05) is 32.0 Å². The van der Waals surface area contributed by atoms with Crippen molar-refractivity contribution in [3.05, 3.63) is 29.3 Å². The van der Waals surface area contributed by atoms with Crippen molar-refractivity contribution in [3.8, 4) is 5.75 Å². The molecule has 0 aliphatic carbocycles. The normalized spacial score (nSPS) is 29.7. The molecule has 24 heavy (non-hydrogen) atoms. The standard InChI is InChI=1S/C17H24N4O3/c1-9-6-7-11(12(8-9)24-5)14-13-10(2)18-16(22)21(4)15(13)19-17(23)20(14)3/h6-8,10,13-15H,1-5H3,(H,18,22)(H,19,23)/t10?,13-,14?,15-/m0/s1. The Morgan fingerprint density at radius 1 is 1.08 bits per heavy atom. The van der Waals surface area contributed by atoms with E-state index < -0.39 is 0 Å². The van der Waals surface area contributed by atoms with Crippen molar-refractivity contribution >= 4 is 12.1 Å². The SMILES string of the molecule is COc1cc(C)ccc1C1[C@@H]2C(C)NC(=O)N(C)[C@@H]2NC(=O)N1C. The number of rotatable bonds is 2. The fourth-order valence-electron chi connectivity index (χ4n) is 3.78. The number of amides is 4. The Hall–Kier alpha value is -2.44. The second-order valence-electron chi connectivity index (χ2n) is 6.62. The van der Waals surface area contributed by atoms with Crippen molar-refractivity contribution in [3.63, 3.8) is 0 Å². The monoisotopic (exact) mass is 332 g/mol. The van der Waals surface area contributed by atoms with Crippen LogP contribution in [0.1, 0.15) is 24.1 Å². The predicted octanol–water partition coefficient (Wildman–Crippen LogP) is 1.69. The first-order valence-corrected chi connectivity index (χ1v) is 8.06. The van der Waals surface area contributed by atoms with Crippen LogP contribution in [0.25, 0.3) is 0 Å². The molecule has 4 amide bonds. The first-order chi connectivity index (χ1) is 11.3. The summed E-state index contributed by atoms with van der Waals surface area (Å²) >= 11 is 0. The van der Waals surface area contributed by atoms with Crippen molar-refractivity contribution in [1.29, 1.82) is 0 Å². The maximum Gasteiger partial charge on any atom is 0.319 e. The first kappa shape index (κ1) is 16.4. The van der Waals surface area contributed by atoms with E-state index in [1.54, 1.807) is 31.0 Å². The molecular formula is C17H24N4O3. The molecule has 0 radical (unpaired) electrons. The maximum atomic E-state index is 12.5. The van der Waals surface area contributed by atoms with Crippen LogP contribution in [0.2, 0.25) is 0 Å². The maximum absolute atomic E-state index is 12.5. The minimum absolute atomic E-state index is 0.00740. The zero-order valence-corrected chi connectivity index (χ0v) is 14.7. The van der Waals surface area contributed by atoms with E-state index in [1.165, 1.54) is 0 Å². The molecule has 2 N–H and O–H groups in total. The minimum Gasteiger partial charge on any atom is -0.496 e. The van der Waals surface area contributed by atoms with Crippen LogP contribution < -0.4 is 15.4 Å². The molecule has 2 fully saturated rings. The Morgan fingerprint density at radius 2 is 1.75 bits per heavy atom. The van der Waals surface area contributed by atoms with Crippen LogP contribution in [0.15, 0.2) is 18.2 Å². The lowest BCUT2D eigenvalue weighted by molar-refractivity contribution is 0.0241. The van der Waals surface area contributed by atoms with E-state index in [-0.39, 0.29) is 36.2 Å². The van der Waals surface area contributed by atoms with E-state index in [0.717, 1.165) is 16.9 Å². The lowest BCUT2D eigenvalue weighted by atomic mass is 9.80. The van der Waals surface area contributed by atoms with E-state index in [2.05, 4.69) is 10.6 Å². The molecule has 2 heterocycles. The molecule has 0 aromatic heterocycles. The quantitative estimate of drug-likeness (QED) is 0.865. The highest BCUT2D eigenvalue weighted by atomic mass is 16.5. The number of aryl methyl sites for hydroxylation is 1. The van der Waals surface area contributed by atoms with Gasteiger partial charge in [-0.1, -0.05) is 12.1 Å². The summed E-state index contributed by atoms with van der Waals surface area (Å²) in [6.45, 7) is 3.98. The Kier molecular flexibility index (Phi) is 4.03. The van der Waals surface area contributed by atoms with Crippen molar-refractivity contribution in [2.75, 3.05) is 21.2 Å². The lowest BCUT2D eigenvalue weighted by Gasteiger charge is -2.52. The van der Waals surface area contributed by atoms with Crippen LogP contribution >= 0.6 is 0 Å². The third kappa shape index (κ3) is 2.44. The highest BCUT2D eigenvalue weighted by molar-refractivity contribution is 5.80. The fraction of sp³-hybridized carbons (Fsp3) is 0.529. The Labute approximate surface area is 141 Å². The van der Waals surface area contributed by atoms with Gasteiger partial charge in [0.2, 0.25) is 0 Å². The zero-order valence-electron chi connectivity index (χ0n) is 14.7. The highest BCUT2D eigenvalue weighted by Crippen LogP contribution is 2.41. The summed E-state index contributed by atoms with van der Waals surface area (Å²) in [5, 5.41) is 5.92. The molecule has 0 saturated carbocycles. The van der Waals surface area contributed by atoms with Gasteiger partial charge in [-0.3, -0.25) is 0 Å². The summed E-state index contributed by atoms with van der Waals surface area (Å²) in [7, 11) is 5.11. The van der Waals surface area contributed by atoms with Gasteiger partial charge in [0, 0.05) is 31.6 Å². The van der Waals surface area contributed by atoms with Crippen molar-refractivity contribution in [2.45, 2.75) is 32.1 Å². The van der Waals surface area contributed by atoms with Gasteiger partial charge in [-0.05, 0) is 25.5 Å². The Morgan fingerprint density at radius 3 is 2.42 bits per heavy atom. The molecule has 7 nitrogen and oxygen atoms in total. The topological polar surface area (TPSA) is 73.9 Å². The number of hydrogen-bond donors (Lipinski definition) is 2. The fourth-order valence-corrected chi connectivity index (χ4v) is 3.78. The summed E-state index contributed by atoms with van der Waals surface area (Å²) in [5.74, 6) is 0.749. The van der Waals surface area contributed by atoms with E-state index in [0.29, 0.717) is 0 Å². The van der Waals surface area contributed by atoms with Gasteiger partial charge in [-0.2, -0.15) is 0 Å². The zero-order chi connectivity index (χ0) is 17.6. The molecule has 4 atom stereocenters. The smallest absolute Gasteiger partial charge is 0.319 e. The third-order valence-electron chi connectivity index (χ3n) is 5.11. The van der Waals surface area contributed by atoms with Crippen molar-refractivity contribution in [2.24, 2.45) is 5.92 Å². The summed E-state index contributed by atoms with van der Waals surface area (Å²) in [6, 6.07) is 5.34. The van der Waals surface area contributed by atoms with Gasteiger partial charge in [-0.25, -0.2) is 9.59 Å². The number of carbonyl (C=O) groups excluding carboxylic acids is 2. The molecule has 2 saturated heterocycles. The molecule has 0 bridgehead atoms. The van der Waals surface area contributed by atoms with Crippen LogP contribution in [0, 0.1) is 12.8 Å². The summed E-state index contributed by atoms with van der Waals surface area (Å²) in [5.41, 5.74) is 2.05. The van der Waals surface area contributed by atoms with E-state index in [9.17, 15) is 9.59 Å². The summed E-state index contributed by atoms with van der Waals surface area (Å²) in [4.78, 5) is 27.8. The number of benzene rings is 1. The number of carbonyl (C=O) groups is 2. The first-order valence-electron chi connectivity index (χ1n) is 8.06. The highest BCUT2D eigenvalue weighted by Gasteiger charge is 2.50. The number of urea groups is 2. The number of hydrogen-bond acceptors (Lipinski definition) is 3. The second kappa shape index (κ2) is 5.89. The molecule has 2 aliphatic rings. The van der Waals surface area contributed by atoms with E-state index in [4.69, 9.17) is 4.74 Å². The minimum atomic E-state index is -0.353. The van der Waals surface area contributed by atoms with Gasteiger partial charge in [0.15, 0.2) is 0 Å². The molecule has 2 aliphatic heterocycles. The summed E-state index contributed by atoms with van der Waals surface area (Å²) < 4.78 is 5.57. The Bertz CT molecular complexity index is 678. The van der Waals surface area contributed by atoms with Crippen LogP contribution in [-0.2, 0) is 0 Å². The molecular weight excluding hydrogens is 308 g/mol. The number of fused-ring (bicyclic) bond motifs is 1. The average molecular weight is 332 g/mol. The summed E-state index contributed by atoms with van der Waals surface area (Å²) in [6.07, 6.45) is -0.353. The predicted molar refractivity (Wildman–Crippen MR) is 89.8 cm³/mol. The number of ether oxygens (including phenoxy) is 1. The van der Waals surface area contributed by atoms with Gasteiger partial charge in [0.05, 0.1) is 13.2 Å². The molecule has 3 rings (SSSR count). The van der Waals surface area contributed by atoms with Crippen molar-refractivity contribution in [1.82, 2.24) is 20.4 Å². The van der Waals surface area contributed by atoms with Gasteiger partial charge >= 0.3 is 12.1 Å². The molecule has 1 aromatic rings. The van der Waals surface area contributed by atoms with Crippen molar-refractivity contribution < 1.29 is 14.3 Å². The number of nitrogens with one attached hydrogen (secondary N) is 2. The van der Waals surface area contributed by atoms with Crippen LogP contribution in [0.4, 0.5) is 9.59 Å². The van der Waals surface area contributed by atoms with Gasteiger partial charge in [0.25, 0.3) is 0 Å². The number of nitrogens with zero attached hydrogens (tertiary/aromatic N) is 2. The average Bonchev–Trinajstić information content (AvgIpc) is 2.54. The van der Waals surface area contributed by atoms with Gasteiger partial charge in [-0.15, -0.1) is 0 Å². The van der Waals surface area contributed by atoms with Crippen LogP contribution in [-0.4, -0.2) is 55.3 Å². The number of methoxy groups -OCH3 is 1. The Balaban J connectivity index is 2.10. The van der Waals surface area contributed by atoms with Gasteiger partial charge in [0.1, 0.15) is 11.9 Å². The lowest BCUT2D eigenvalue weighted by Crippen LogP contribution is -2.71. The molecule has 0 spiro atoms. The van der Waals surface area contributed by atoms with Crippen LogP contribution in [0.5, 0.6) is 5.75 Å².